The molecule has 2 rings (SSSR count). The molecule has 2 N–H and O–H groups in total. The van der Waals surface area contributed by atoms with Crippen LogP contribution in [0.1, 0.15) is 0 Å². The Kier molecular flexibility index (Phi) is 2.99. The highest BCUT2D eigenvalue weighted by atomic mass is 79.9. The number of halogens is 2. The first-order valence-electron chi connectivity index (χ1n) is 3.82. The SMILES string of the molecule is OB(O)c1c(Br)cc(Br)c2ccsc12. The summed E-state index contributed by atoms with van der Waals surface area (Å²) in [6.45, 7) is 0. The molecule has 0 saturated heterocycles. The summed E-state index contributed by atoms with van der Waals surface area (Å²) < 4.78 is 2.54. The Morgan fingerprint density at radius 1 is 1.21 bits per heavy atom. The molecule has 1 aromatic carbocycles. The predicted octanol–water partition coefficient (Wildman–Crippen LogP) is 2.11. The third-order valence-corrected chi connectivity index (χ3v) is 4.20. The molecule has 0 aliphatic rings. The first-order chi connectivity index (χ1) is 6.61. The van der Waals surface area contributed by atoms with Gasteiger partial charge in [0.05, 0.1) is 0 Å². The molecule has 0 amide bonds. The lowest BCUT2D eigenvalue weighted by Crippen LogP contribution is -2.31. The van der Waals surface area contributed by atoms with Gasteiger partial charge in [0.2, 0.25) is 0 Å². The van der Waals surface area contributed by atoms with Gasteiger partial charge in [0, 0.05) is 24.5 Å². The van der Waals surface area contributed by atoms with Crippen LogP contribution in [0.3, 0.4) is 0 Å². The average Bonchev–Trinajstić information content (AvgIpc) is 2.51. The molecule has 0 radical (unpaired) electrons. The standard InChI is InChI=1S/C8H5BBr2O2S/c10-5-3-6(11)7(9(12)13)8-4(5)1-2-14-8/h1-3,12-13H. The van der Waals surface area contributed by atoms with Crippen molar-refractivity contribution in [2.75, 3.05) is 0 Å². The van der Waals surface area contributed by atoms with E-state index in [1.165, 1.54) is 11.3 Å². The summed E-state index contributed by atoms with van der Waals surface area (Å²) in [5.41, 5.74) is 0.526. The maximum absolute atomic E-state index is 9.23. The lowest BCUT2D eigenvalue weighted by Gasteiger charge is -2.06. The summed E-state index contributed by atoms with van der Waals surface area (Å²) in [4.78, 5) is 0. The van der Waals surface area contributed by atoms with Gasteiger partial charge in [-0.2, -0.15) is 0 Å². The van der Waals surface area contributed by atoms with Gasteiger partial charge in [-0.1, -0.05) is 31.9 Å². The topological polar surface area (TPSA) is 40.5 Å². The van der Waals surface area contributed by atoms with Gasteiger partial charge in [0.1, 0.15) is 0 Å². The fourth-order valence-corrected chi connectivity index (χ4v) is 4.07. The van der Waals surface area contributed by atoms with Crippen molar-refractivity contribution in [3.63, 3.8) is 0 Å². The van der Waals surface area contributed by atoms with Crippen LogP contribution in [-0.2, 0) is 0 Å². The molecule has 1 heterocycles. The van der Waals surface area contributed by atoms with Gasteiger partial charge in [0.15, 0.2) is 0 Å². The maximum atomic E-state index is 9.23. The van der Waals surface area contributed by atoms with Crippen LogP contribution in [0.15, 0.2) is 26.5 Å². The summed E-state index contributed by atoms with van der Waals surface area (Å²) >= 11 is 8.22. The number of benzene rings is 1. The maximum Gasteiger partial charge on any atom is 0.491 e. The highest BCUT2D eigenvalue weighted by Gasteiger charge is 2.20. The van der Waals surface area contributed by atoms with Crippen LogP contribution in [0.4, 0.5) is 0 Å². The third kappa shape index (κ3) is 1.65. The Hall–Kier alpha value is 0.125. The molecule has 2 nitrogen and oxygen atoms in total. The molecule has 0 saturated carbocycles. The largest absolute Gasteiger partial charge is 0.491 e. The second-order valence-corrected chi connectivity index (χ2v) is 5.42. The van der Waals surface area contributed by atoms with E-state index >= 15 is 0 Å². The minimum absolute atomic E-state index is 0.526. The molecule has 0 unspecified atom stereocenters. The van der Waals surface area contributed by atoms with Crippen LogP contribution in [0, 0.1) is 0 Å². The van der Waals surface area contributed by atoms with Crippen molar-refractivity contribution in [3.05, 3.63) is 26.5 Å². The summed E-state index contributed by atoms with van der Waals surface area (Å²) in [6, 6.07) is 3.77. The fourth-order valence-electron chi connectivity index (χ4n) is 1.32. The molecular weight excluding hydrogens is 331 g/mol. The van der Waals surface area contributed by atoms with E-state index in [4.69, 9.17) is 0 Å². The van der Waals surface area contributed by atoms with Crippen LogP contribution in [0.2, 0.25) is 0 Å². The van der Waals surface area contributed by atoms with Crippen LogP contribution < -0.4 is 5.46 Å². The van der Waals surface area contributed by atoms with Gasteiger partial charge in [0.25, 0.3) is 0 Å². The van der Waals surface area contributed by atoms with E-state index in [0.717, 1.165) is 14.6 Å². The number of rotatable bonds is 1. The summed E-state index contributed by atoms with van der Waals surface area (Å²) in [7, 11) is -1.45. The zero-order chi connectivity index (χ0) is 10.3. The fraction of sp³-hybridized carbons (Fsp3) is 0. The average molecular weight is 336 g/mol. The van der Waals surface area contributed by atoms with Crippen LogP contribution in [-0.4, -0.2) is 17.2 Å². The monoisotopic (exact) mass is 334 g/mol. The second kappa shape index (κ2) is 3.94. The molecule has 1 aromatic heterocycles. The van der Waals surface area contributed by atoms with Crippen molar-refractivity contribution >= 4 is 65.9 Å². The second-order valence-electron chi connectivity index (χ2n) is 2.79. The van der Waals surface area contributed by atoms with Gasteiger partial charge in [-0.3, -0.25) is 0 Å². The van der Waals surface area contributed by atoms with Gasteiger partial charge in [-0.05, 0) is 17.5 Å². The predicted molar refractivity (Wildman–Crippen MR) is 67.1 cm³/mol. The molecule has 0 aliphatic carbocycles. The molecule has 6 heteroatoms. The first-order valence-corrected chi connectivity index (χ1v) is 6.29. The van der Waals surface area contributed by atoms with E-state index in [9.17, 15) is 10.0 Å². The van der Waals surface area contributed by atoms with E-state index in [0.29, 0.717) is 9.94 Å². The summed E-state index contributed by atoms with van der Waals surface area (Å²) in [5.74, 6) is 0. The van der Waals surface area contributed by atoms with Gasteiger partial charge in [-0.15, -0.1) is 11.3 Å². The zero-order valence-corrected chi connectivity index (χ0v) is 10.9. The smallest absolute Gasteiger partial charge is 0.423 e. The molecule has 72 valence electrons. The van der Waals surface area contributed by atoms with Crippen LogP contribution in [0.5, 0.6) is 0 Å². The lowest BCUT2D eigenvalue weighted by atomic mass is 9.80. The van der Waals surface area contributed by atoms with E-state index in [1.807, 2.05) is 17.5 Å². The normalized spacial score (nSPS) is 10.9. The Labute approximate surface area is 102 Å². The van der Waals surface area contributed by atoms with Gasteiger partial charge < -0.3 is 10.0 Å². The molecule has 2 aromatic rings. The minimum atomic E-state index is -1.45. The van der Waals surface area contributed by atoms with Crippen molar-refractivity contribution < 1.29 is 10.0 Å². The van der Waals surface area contributed by atoms with Crippen molar-refractivity contribution in [3.8, 4) is 0 Å². The van der Waals surface area contributed by atoms with Crippen LogP contribution in [0.25, 0.3) is 10.1 Å². The lowest BCUT2D eigenvalue weighted by molar-refractivity contribution is 0.426. The van der Waals surface area contributed by atoms with E-state index < -0.39 is 7.12 Å². The Balaban J connectivity index is 2.86. The molecule has 0 atom stereocenters. The highest BCUT2D eigenvalue weighted by molar-refractivity contribution is 9.11. The number of hydrogen-bond acceptors (Lipinski definition) is 3. The van der Waals surface area contributed by atoms with E-state index in [2.05, 4.69) is 31.9 Å². The third-order valence-electron chi connectivity index (χ3n) is 1.94. The van der Waals surface area contributed by atoms with E-state index in [1.54, 1.807) is 0 Å². The highest BCUT2D eigenvalue weighted by Crippen LogP contribution is 2.30. The molecule has 0 aliphatic heterocycles. The molecule has 0 fully saturated rings. The number of hydrogen-bond donors (Lipinski definition) is 2. The number of thiophene rings is 1. The molecular formula is C8H5BBr2O2S. The van der Waals surface area contributed by atoms with Gasteiger partial charge in [-0.25, -0.2) is 0 Å². The molecule has 0 bridgehead atoms. The molecule has 0 spiro atoms. The van der Waals surface area contributed by atoms with Crippen molar-refractivity contribution in [2.45, 2.75) is 0 Å². The van der Waals surface area contributed by atoms with Crippen molar-refractivity contribution in [2.24, 2.45) is 0 Å². The van der Waals surface area contributed by atoms with Crippen molar-refractivity contribution in [1.29, 1.82) is 0 Å². The molecule has 14 heavy (non-hydrogen) atoms. The Morgan fingerprint density at radius 2 is 1.93 bits per heavy atom. The summed E-state index contributed by atoms with van der Waals surface area (Å²) in [5, 5.41) is 21.4. The minimum Gasteiger partial charge on any atom is -0.423 e. The van der Waals surface area contributed by atoms with E-state index in [-0.39, 0.29) is 0 Å². The first kappa shape index (κ1) is 10.6. The van der Waals surface area contributed by atoms with Gasteiger partial charge >= 0.3 is 7.12 Å². The van der Waals surface area contributed by atoms with Crippen LogP contribution >= 0.6 is 43.2 Å². The Morgan fingerprint density at radius 3 is 2.57 bits per heavy atom. The number of fused-ring (bicyclic) bond motifs is 1. The Bertz CT molecular complexity index is 483. The van der Waals surface area contributed by atoms with Crippen molar-refractivity contribution in [1.82, 2.24) is 0 Å². The zero-order valence-electron chi connectivity index (χ0n) is 6.87. The quantitative estimate of drug-likeness (QED) is 0.784. The summed E-state index contributed by atoms with van der Waals surface area (Å²) in [6.07, 6.45) is 0.